The number of aldehydes is 1. The number of carbonyl (C=O) groups is 5. The maximum absolute atomic E-state index is 14.4. The number of hydrogen-bond acceptors (Lipinski definition) is 13. The summed E-state index contributed by atoms with van der Waals surface area (Å²) >= 11 is 0. The smallest absolute Gasteiger partial charge is 0.329 e. The highest BCUT2D eigenvalue weighted by Gasteiger charge is 2.53. The van der Waals surface area contributed by atoms with Gasteiger partial charge in [-0.05, 0) is 127 Å². The van der Waals surface area contributed by atoms with Gasteiger partial charge < -0.3 is 48.7 Å². The minimum Gasteiger partial charge on any atom is -0.461 e. The molecule has 3 aliphatic heterocycles. The van der Waals surface area contributed by atoms with Crippen LogP contribution in [0.5, 0.6) is 0 Å². The van der Waals surface area contributed by atoms with Crippen LogP contribution in [0.1, 0.15) is 132 Å². The molecule has 15 atom stereocenters. The first-order chi connectivity index (χ1) is 31.2. The largest absolute Gasteiger partial charge is 0.461 e. The lowest BCUT2D eigenvalue weighted by Crippen LogP contribution is -2.61. The van der Waals surface area contributed by atoms with Gasteiger partial charge in [-0.25, -0.2) is 4.79 Å². The summed E-state index contributed by atoms with van der Waals surface area (Å²) in [6, 6.07) is -1.10. The lowest BCUT2D eigenvalue weighted by molar-refractivity contribution is -0.265. The topological polar surface area (TPSA) is 195 Å². The van der Waals surface area contributed by atoms with Gasteiger partial charge in [0.05, 0.1) is 24.4 Å². The molecule has 0 aromatic heterocycles. The Morgan fingerprint density at radius 1 is 0.879 bits per heavy atom. The first kappa shape index (κ1) is 55.2. The molecule has 4 rings (SSSR count). The molecular weight excluding hydrogens is 847 g/mol. The number of aliphatic hydroxyl groups excluding tert-OH is 2. The van der Waals surface area contributed by atoms with Crippen LogP contribution in [0.15, 0.2) is 47.6 Å². The minimum atomic E-state index is -2.42. The van der Waals surface area contributed by atoms with Crippen molar-refractivity contribution in [3.05, 3.63) is 47.6 Å². The minimum absolute atomic E-state index is 0.0153. The van der Waals surface area contributed by atoms with Gasteiger partial charge in [0.15, 0.2) is 5.78 Å². The van der Waals surface area contributed by atoms with E-state index in [4.69, 9.17) is 23.7 Å². The zero-order chi connectivity index (χ0) is 48.9. The summed E-state index contributed by atoms with van der Waals surface area (Å²) in [5, 5.41) is 34.0. The van der Waals surface area contributed by atoms with Crippen LogP contribution in [-0.2, 0) is 47.7 Å². The average molecular weight is 928 g/mol. The zero-order valence-electron chi connectivity index (χ0n) is 41.3. The van der Waals surface area contributed by atoms with Gasteiger partial charge in [0, 0.05) is 51.5 Å². The van der Waals surface area contributed by atoms with E-state index in [1.54, 1.807) is 41.1 Å². The number of aliphatic hydroxyl groups is 3. The molecule has 372 valence electrons. The van der Waals surface area contributed by atoms with Gasteiger partial charge in [-0.15, -0.1) is 0 Å². The average Bonchev–Trinajstić information content (AvgIpc) is 3.30. The van der Waals surface area contributed by atoms with E-state index in [9.17, 15) is 39.3 Å². The van der Waals surface area contributed by atoms with Gasteiger partial charge in [0.2, 0.25) is 5.79 Å². The van der Waals surface area contributed by atoms with E-state index in [1.165, 1.54) is 12.0 Å². The summed E-state index contributed by atoms with van der Waals surface area (Å²) in [5.41, 5.74) is 0.122. The van der Waals surface area contributed by atoms with E-state index in [-0.39, 0.29) is 55.4 Å². The van der Waals surface area contributed by atoms with Crippen molar-refractivity contribution in [1.82, 2.24) is 4.90 Å². The SMILES string of the molecule is CO[C@H]1C[C@@H]2CC[C@@H](C)[C@@](O)(O2)C(=O)C(=O)N2CCCC[C@H]2C(=O)O[C@H]([C@H](C)C[C@@H]2CC[C@@H](O)[C@H](OC)C2)CC[C@](C)(C=O)/C=C(\C)[C@@H](O)[C@@H](OC)C(=O)[C@H](C)C[C@H](C)/C=C/C=CC=C1C. The third-order valence-corrected chi connectivity index (χ3v) is 14.9. The summed E-state index contributed by atoms with van der Waals surface area (Å²) in [7, 11) is 4.54. The van der Waals surface area contributed by atoms with Crippen molar-refractivity contribution in [1.29, 1.82) is 0 Å². The van der Waals surface area contributed by atoms with Crippen LogP contribution in [0.3, 0.4) is 0 Å². The number of carbonyl (C=O) groups excluding carboxylic acids is 5. The monoisotopic (exact) mass is 928 g/mol. The Morgan fingerprint density at radius 2 is 1.61 bits per heavy atom. The lowest BCUT2D eigenvalue weighted by atomic mass is 9.77. The van der Waals surface area contributed by atoms with E-state index in [0.29, 0.717) is 63.4 Å². The van der Waals surface area contributed by atoms with Crippen molar-refractivity contribution >= 4 is 29.7 Å². The molecule has 0 unspecified atom stereocenters. The number of methoxy groups -OCH3 is 3. The fourth-order valence-corrected chi connectivity index (χ4v) is 10.5. The van der Waals surface area contributed by atoms with Crippen molar-refractivity contribution in [3.8, 4) is 0 Å². The maximum Gasteiger partial charge on any atom is 0.329 e. The molecule has 14 nitrogen and oxygen atoms in total. The molecule has 14 heteroatoms. The van der Waals surface area contributed by atoms with Crippen molar-refractivity contribution in [2.75, 3.05) is 27.9 Å². The fourth-order valence-electron chi connectivity index (χ4n) is 10.5. The third-order valence-electron chi connectivity index (χ3n) is 14.9. The Bertz CT molecular complexity index is 1770. The number of amides is 1. The standard InChI is InChI=1S/C52H81NO13/c1-32-16-12-11-13-17-33(2)43(62-8)29-39-21-19-37(6)52(61,66-39)48(58)49(59)53-25-15-14-18-40(53)50(60)65-42(34(3)27-38-20-22-41(55)44(28-38)63-9)23-24-51(7,31-54)30-36(5)46(57)47(64-10)45(56)35(4)26-32/h11-13,16-17,30-32,34-35,37-44,46-47,55,57,61H,14-15,18-29H2,1-10H3/b13-11?,16-12+,33-17?,36-30+/t32-,34-,35-,37-,38+,39+,40+,41-,42+,43+,44-,46-,47+,51+,52-/m1/s1. The van der Waals surface area contributed by atoms with E-state index in [0.717, 1.165) is 18.3 Å². The number of ether oxygens (including phenoxy) is 5. The van der Waals surface area contributed by atoms with Crippen molar-refractivity contribution in [2.45, 2.75) is 186 Å². The van der Waals surface area contributed by atoms with E-state index >= 15 is 0 Å². The molecule has 66 heavy (non-hydrogen) atoms. The maximum atomic E-state index is 14.4. The molecule has 4 aliphatic rings. The Hall–Kier alpha value is -3.37. The Labute approximate surface area is 393 Å². The van der Waals surface area contributed by atoms with Crippen molar-refractivity contribution < 1.29 is 63.0 Å². The van der Waals surface area contributed by atoms with E-state index in [1.807, 2.05) is 58.1 Å². The molecule has 3 fully saturated rings. The first-order valence-corrected chi connectivity index (χ1v) is 24.3. The molecule has 2 bridgehead atoms. The molecule has 3 heterocycles. The second-order valence-corrected chi connectivity index (χ2v) is 20.3. The molecule has 0 spiro atoms. The number of allylic oxidation sites excluding steroid dienone is 6. The van der Waals surface area contributed by atoms with E-state index < -0.39 is 83.4 Å². The predicted octanol–water partition coefficient (Wildman–Crippen LogP) is 6.57. The fraction of sp³-hybridized carbons (Fsp3) is 0.750. The summed E-state index contributed by atoms with van der Waals surface area (Å²) in [6.07, 6.45) is 13.1. The molecule has 3 N–H and O–H groups in total. The Morgan fingerprint density at radius 3 is 2.27 bits per heavy atom. The number of rotatable bonds is 7. The van der Waals surface area contributed by atoms with Crippen LogP contribution in [0, 0.1) is 35.0 Å². The predicted molar refractivity (Wildman–Crippen MR) is 250 cm³/mol. The molecule has 1 aliphatic carbocycles. The lowest BCUT2D eigenvalue weighted by Gasteiger charge is -2.42. The van der Waals surface area contributed by atoms with Gasteiger partial charge in [-0.3, -0.25) is 14.4 Å². The number of esters is 1. The molecule has 0 aromatic rings. The van der Waals surface area contributed by atoms with Gasteiger partial charge in [0.25, 0.3) is 11.7 Å². The Kier molecular flexibility index (Phi) is 21.2. The normalized spacial score (nSPS) is 39.7. The van der Waals surface area contributed by atoms with Crippen LogP contribution in [0.25, 0.3) is 0 Å². The van der Waals surface area contributed by atoms with Crippen LogP contribution >= 0.6 is 0 Å². The van der Waals surface area contributed by atoms with Crippen LogP contribution in [-0.4, -0.2) is 132 Å². The first-order valence-electron chi connectivity index (χ1n) is 24.3. The highest BCUT2D eigenvalue weighted by Crippen LogP contribution is 2.38. The summed E-state index contributed by atoms with van der Waals surface area (Å²) in [4.78, 5) is 70.9. The quantitative estimate of drug-likeness (QED) is 0.108. The summed E-state index contributed by atoms with van der Waals surface area (Å²) in [5.74, 6) is -6.68. The van der Waals surface area contributed by atoms with Gasteiger partial charge in [0.1, 0.15) is 30.6 Å². The molecule has 0 aromatic carbocycles. The number of hydrogen-bond donors (Lipinski definition) is 3. The number of Topliss-reactive ketones (excluding diaryl/α,β-unsaturated/α-hetero) is 2. The van der Waals surface area contributed by atoms with Crippen molar-refractivity contribution in [2.24, 2.45) is 35.0 Å². The number of piperidine rings is 1. The highest BCUT2D eigenvalue weighted by atomic mass is 16.6. The molecule has 1 saturated carbocycles. The van der Waals surface area contributed by atoms with Gasteiger partial charge in [-0.2, -0.15) is 0 Å². The number of cyclic esters (lactones) is 1. The molecule has 0 radical (unpaired) electrons. The highest BCUT2D eigenvalue weighted by molar-refractivity contribution is 6.39. The third kappa shape index (κ3) is 14.3. The second kappa shape index (κ2) is 25.3. The summed E-state index contributed by atoms with van der Waals surface area (Å²) < 4.78 is 29.6. The second-order valence-electron chi connectivity index (χ2n) is 20.3. The molecule has 1 amide bonds. The summed E-state index contributed by atoms with van der Waals surface area (Å²) in [6.45, 7) is 12.9. The molecule has 2 saturated heterocycles. The van der Waals surface area contributed by atoms with E-state index in [2.05, 4.69) is 0 Å². The van der Waals surface area contributed by atoms with Crippen molar-refractivity contribution in [3.63, 3.8) is 0 Å². The number of fused-ring (bicyclic) bond motifs is 3. The zero-order valence-corrected chi connectivity index (χ0v) is 41.3. The van der Waals surface area contributed by atoms with Crippen LogP contribution in [0.2, 0.25) is 0 Å². The molecular formula is C52H81NO13. The Balaban J connectivity index is 1.72. The number of nitrogens with zero attached hydrogens (tertiary/aromatic N) is 1. The van der Waals surface area contributed by atoms with Gasteiger partial charge >= 0.3 is 5.97 Å². The van der Waals surface area contributed by atoms with Crippen LogP contribution in [0.4, 0.5) is 0 Å². The van der Waals surface area contributed by atoms with Gasteiger partial charge in [-0.1, -0.05) is 64.2 Å². The van der Waals surface area contributed by atoms with Crippen LogP contribution < -0.4 is 0 Å². The number of ketones is 2.